The minimum atomic E-state index is -0.946. The average Bonchev–Trinajstić information content (AvgIpc) is 3.27. The number of hydrogen-bond acceptors (Lipinski definition) is 3. The molecule has 0 aliphatic heterocycles. The van der Waals surface area contributed by atoms with Crippen molar-refractivity contribution in [3.05, 3.63) is 59.6 Å². The fourth-order valence-corrected chi connectivity index (χ4v) is 2.89. The Kier molecular flexibility index (Phi) is 4.25. The van der Waals surface area contributed by atoms with Crippen molar-refractivity contribution in [2.45, 2.75) is 31.6 Å². The summed E-state index contributed by atoms with van der Waals surface area (Å²) in [6, 6.07) is 7.12. The number of nitrogens with zero attached hydrogens (tertiary/aromatic N) is 4. The van der Waals surface area contributed by atoms with Gasteiger partial charge in [-0.3, -0.25) is 9.48 Å². The molecular formula is C19H19F2N5O. The van der Waals surface area contributed by atoms with Crippen molar-refractivity contribution in [3.8, 4) is 5.69 Å². The number of aromatic nitrogens is 4. The maximum absolute atomic E-state index is 13.4. The molecule has 2 aromatic heterocycles. The van der Waals surface area contributed by atoms with Gasteiger partial charge in [-0.05, 0) is 38.0 Å². The number of aryl methyl sites for hydroxylation is 1. The fourth-order valence-electron chi connectivity index (χ4n) is 2.89. The smallest absolute Gasteiger partial charge is 0.234 e. The summed E-state index contributed by atoms with van der Waals surface area (Å²) >= 11 is 0. The van der Waals surface area contributed by atoms with E-state index in [1.165, 1.54) is 10.7 Å². The predicted molar refractivity (Wildman–Crippen MR) is 95.7 cm³/mol. The third-order valence-electron chi connectivity index (χ3n) is 4.76. The van der Waals surface area contributed by atoms with Gasteiger partial charge in [0.1, 0.15) is 5.82 Å². The third kappa shape index (κ3) is 3.47. The summed E-state index contributed by atoms with van der Waals surface area (Å²) in [6.07, 6.45) is 3.89. The third-order valence-corrected chi connectivity index (χ3v) is 4.76. The van der Waals surface area contributed by atoms with E-state index in [9.17, 15) is 13.6 Å². The van der Waals surface area contributed by atoms with Crippen LogP contribution in [0.3, 0.4) is 0 Å². The highest BCUT2D eigenvalue weighted by atomic mass is 19.2. The van der Waals surface area contributed by atoms with Crippen molar-refractivity contribution in [1.29, 1.82) is 0 Å². The molecule has 27 heavy (non-hydrogen) atoms. The molecule has 8 heteroatoms. The first-order valence-electron chi connectivity index (χ1n) is 8.78. The monoisotopic (exact) mass is 371 g/mol. The molecule has 0 spiro atoms. The van der Waals surface area contributed by atoms with Gasteiger partial charge in [-0.1, -0.05) is 0 Å². The minimum Gasteiger partial charge on any atom is -0.310 e. The van der Waals surface area contributed by atoms with Gasteiger partial charge in [0.05, 0.1) is 23.0 Å². The molecule has 4 rings (SSSR count). The second-order valence-electron chi connectivity index (χ2n) is 6.85. The molecule has 1 aromatic carbocycles. The lowest BCUT2D eigenvalue weighted by molar-refractivity contribution is -0.117. The summed E-state index contributed by atoms with van der Waals surface area (Å²) in [5, 5.41) is 11.6. The number of benzene rings is 1. The van der Waals surface area contributed by atoms with Gasteiger partial charge in [-0.25, -0.2) is 13.5 Å². The molecule has 0 bridgehead atoms. The van der Waals surface area contributed by atoms with Crippen LogP contribution in [0.4, 0.5) is 14.6 Å². The van der Waals surface area contributed by atoms with Crippen LogP contribution in [-0.4, -0.2) is 25.5 Å². The van der Waals surface area contributed by atoms with Gasteiger partial charge in [0.2, 0.25) is 5.91 Å². The van der Waals surface area contributed by atoms with Crippen molar-refractivity contribution in [2.24, 2.45) is 7.05 Å². The molecule has 140 valence electrons. The Labute approximate surface area is 154 Å². The SMILES string of the molecule is CC(C(=O)Nc1cc(C2CC2)nn1C)c1ccn(-c2ccc(F)c(F)c2)n1. The predicted octanol–water partition coefficient (Wildman–Crippen LogP) is 3.50. The van der Waals surface area contributed by atoms with E-state index in [2.05, 4.69) is 15.5 Å². The second-order valence-corrected chi connectivity index (χ2v) is 6.85. The van der Waals surface area contributed by atoms with Gasteiger partial charge in [-0.15, -0.1) is 0 Å². The van der Waals surface area contributed by atoms with Crippen LogP contribution in [0.2, 0.25) is 0 Å². The lowest BCUT2D eigenvalue weighted by Crippen LogP contribution is -2.21. The average molecular weight is 371 g/mol. The van der Waals surface area contributed by atoms with Crippen LogP contribution in [0.15, 0.2) is 36.5 Å². The molecule has 1 aliphatic rings. The number of anilines is 1. The van der Waals surface area contributed by atoms with Gasteiger partial charge in [0, 0.05) is 31.3 Å². The summed E-state index contributed by atoms with van der Waals surface area (Å²) in [4.78, 5) is 12.6. The molecule has 1 atom stereocenters. The molecule has 0 radical (unpaired) electrons. The molecule has 6 nitrogen and oxygen atoms in total. The first-order valence-corrected chi connectivity index (χ1v) is 8.78. The molecule has 0 saturated heterocycles. The summed E-state index contributed by atoms with van der Waals surface area (Å²) < 4.78 is 29.6. The van der Waals surface area contributed by atoms with E-state index >= 15 is 0 Å². The van der Waals surface area contributed by atoms with Crippen LogP contribution in [-0.2, 0) is 11.8 Å². The van der Waals surface area contributed by atoms with Crippen molar-refractivity contribution >= 4 is 11.7 Å². The Balaban J connectivity index is 1.49. The van der Waals surface area contributed by atoms with Gasteiger partial charge < -0.3 is 5.32 Å². The molecule has 1 saturated carbocycles. The maximum Gasteiger partial charge on any atom is 0.234 e. The number of rotatable bonds is 5. The quantitative estimate of drug-likeness (QED) is 0.747. The number of carbonyl (C=O) groups excluding carboxylic acids is 1. The van der Waals surface area contributed by atoms with E-state index in [1.807, 2.05) is 6.07 Å². The molecule has 1 fully saturated rings. The molecule has 1 unspecified atom stereocenters. The maximum atomic E-state index is 13.4. The molecule has 2 heterocycles. The van der Waals surface area contributed by atoms with Crippen molar-refractivity contribution in [3.63, 3.8) is 0 Å². The number of halogens is 2. The Morgan fingerprint density at radius 1 is 1.19 bits per heavy atom. The summed E-state index contributed by atoms with van der Waals surface area (Å²) in [5.41, 5.74) is 1.92. The number of hydrogen-bond donors (Lipinski definition) is 1. The van der Waals surface area contributed by atoms with E-state index in [0.29, 0.717) is 23.1 Å². The Morgan fingerprint density at radius 2 is 1.96 bits per heavy atom. The Morgan fingerprint density at radius 3 is 2.67 bits per heavy atom. The van der Waals surface area contributed by atoms with E-state index in [1.54, 1.807) is 30.9 Å². The van der Waals surface area contributed by atoms with Crippen molar-refractivity contribution in [1.82, 2.24) is 19.6 Å². The van der Waals surface area contributed by atoms with Crippen LogP contribution in [0, 0.1) is 11.6 Å². The normalized spacial score (nSPS) is 15.0. The van der Waals surface area contributed by atoms with Crippen LogP contribution in [0.25, 0.3) is 5.69 Å². The molecular weight excluding hydrogens is 352 g/mol. The Bertz CT molecular complexity index is 1010. The zero-order chi connectivity index (χ0) is 19.1. The number of carbonyl (C=O) groups is 1. The Hall–Kier alpha value is -3.03. The highest BCUT2D eigenvalue weighted by Gasteiger charge is 2.27. The summed E-state index contributed by atoms with van der Waals surface area (Å²) in [6.45, 7) is 1.74. The van der Waals surface area contributed by atoms with Gasteiger partial charge in [0.15, 0.2) is 11.6 Å². The van der Waals surface area contributed by atoms with Gasteiger partial charge >= 0.3 is 0 Å². The number of nitrogens with one attached hydrogen (secondary N) is 1. The zero-order valence-electron chi connectivity index (χ0n) is 15.0. The van der Waals surface area contributed by atoms with Crippen LogP contribution >= 0.6 is 0 Å². The van der Waals surface area contributed by atoms with Crippen molar-refractivity contribution < 1.29 is 13.6 Å². The standard InChI is InChI=1S/C19H19F2N5O/c1-11(19(27)22-18-10-17(12-3-4-12)23-25(18)2)16-7-8-26(24-16)13-5-6-14(20)15(21)9-13/h5-12H,3-4H2,1-2H3,(H,22,27). The zero-order valence-corrected chi connectivity index (χ0v) is 15.0. The first-order chi connectivity index (χ1) is 12.9. The molecule has 3 aromatic rings. The van der Waals surface area contributed by atoms with E-state index in [-0.39, 0.29) is 5.91 Å². The highest BCUT2D eigenvalue weighted by Crippen LogP contribution is 2.40. The first kappa shape index (κ1) is 17.4. The lowest BCUT2D eigenvalue weighted by atomic mass is 10.1. The second kappa shape index (κ2) is 6.61. The topological polar surface area (TPSA) is 64.7 Å². The van der Waals surface area contributed by atoms with E-state index < -0.39 is 17.6 Å². The summed E-state index contributed by atoms with van der Waals surface area (Å²) in [7, 11) is 1.80. The van der Waals surface area contributed by atoms with E-state index in [4.69, 9.17) is 0 Å². The lowest BCUT2D eigenvalue weighted by Gasteiger charge is -2.10. The minimum absolute atomic E-state index is 0.212. The van der Waals surface area contributed by atoms with Gasteiger partial charge in [0.25, 0.3) is 0 Å². The summed E-state index contributed by atoms with van der Waals surface area (Å²) in [5.74, 6) is -1.44. The van der Waals surface area contributed by atoms with E-state index in [0.717, 1.165) is 30.7 Å². The highest BCUT2D eigenvalue weighted by molar-refractivity contribution is 5.94. The largest absolute Gasteiger partial charge is 0.310 e. The van der Waals surface area contributed by atoms with Gasteiger partial charge in [-0.2, -0.15) is 10.2 Å². The van der Waals surface area contributed by atoms with Crippen molar-refractivity contribution in [2.75, 3.05) is 5.32 Å². The van der Waals surface area contributed by atoms with Crippen LogP contribution < -0.4 is 5.32 Å². The van der Waals surface area contributed by atoms with Crippen LogP contribution in [0.5, 0.6) is 0 Å². The van der Waals surface area contributed by atoms with Crippen LogP contribution in [0.1, 0.15) is 43.0 Å². The molecule has 1 N–H and O–H groups in total. The fraction of sp³-hybridized carbons (Fsp3) is 0.316. The number of amides is 1. The molecule has 1 aliphatic carbocycles. The molecule has 1 amide bonds.